The lowest BCUT2D eigenvalue weighted by Crippen LogP contribution is -2.35. The van der Waals surface area contributed by atoms with Gasteiger partial charge in [0.15, 0.2) is 11.6 Å². The summed E-state index contributed by atoms with van der Waals surface area (Å²) in [6.07, 6.45) is 0.193. The van der Waals surface area contributed by atoms with Crippen molar-refractivity contribution in [3.8, 4) is 0 Å². The predicted octanol–water partition coefficient (Wildman–Crippen LogP) is -0.0391. The fourth-order valence-electron chi connectivity index (χ4n) is 1.15. The molecule has 0 aliphatic heterocycles. The first-order valence-corrected chi connectivity index (χ1v) is 4.76. The maximum absolute atomic E-state index is 11.5. The number of carboxylic acids is 1. The van der Waals surface area contributed by atoms with Crippen LogP contribution in [0, 0.1) is 0 Å². The summed E-state index contributed by atoms with van der Waals surface area (Å²) in [7, 11) is 0. The fraction of sp³-hybridized carbons (Fsp3) is 0.444. The Morgan fingerprint density at radius 2 is 2.31 bits per heavy atom. The summed E-state index contributed by atoms with van der Waals surface area (Å²) in [5.41, 5.74) is 5.32. The average molecular weight is 227 g/mol. The van der Waals surface area contributed by atoms with E-state index in [0.29, 0.717) is 5.76 Å². The molecule has 88 valence electrons. The Labute approximate surface area is 91.8 Å². The summed E-state index contributed by atoms with van der Waals surface area (Å²) in [5.74, 6) is -0.873. The Kier molecular flexibility index (Phi) is 4.01. The van der Waals surface area contributed by atoms with Crippen LogP contribution in [0.1, 0.15) is 19.1 Å². The third-order valence-electron chi connectivity index (χ3n) is 1.92. The zero-order valence-electron chi connectivity index (χ0n) is 8.84. The van der Waals surface area contributed by atoms with E-state index < -0.39 is 12.5 Å². The van der Waals surface area contributed by atoms with Crippen molar-refractivity contribution < 1.29 is 19.2 Å². The number of anilines is 1. The van der Waals surface area contributed by atoms with Crippen molar-refractivity contribution in [2.45, 2.75) is 19.9 Å². The van der Waals surface area contributed by atoms with Crippen LogP contribution in [0.4, 0.5) is 5.82 Å². The minimum absolute atomic E-state index is 0.147. The standard InChI is InChI=1S/C9H13N3O4/c1-2-8(13)12(5-9(14)15)7-3-6(4-10)16-11-7/h3H,2,4-5,10H2,1H3,(H,14,15). The van der Waals surface area contributed by atoms with Crippen molar-refractivity contribution in [3.63, 3.8) is 0 Å². The summed E-state index contributed by atoms with van der Waals surface area (Å²) < 4.78 is 4.81. The zero-order valence-corrected chi connectivity index (χ0v) is 8.84. The largest absolute Gasteiger partial charge is 0.480 e. The fourth-order valence-corrected chi connectivity index (χ4v) is 1.15. The molecule has 0 aliphatic carbocycles. The Hall–Kier alpha value is -1.89. The van der Waals surface area contributed by atoms with Gasteiger partial charge in [0, 0.05) is 12.5 Å². The molecule has 1 aromatic rings. The number of carbonyl (C=O) groups is 2. The molecule has 0 saturated carbocycles. The highest BCUT2D eigenvalue weighted by Crippen LogP contribution is 2.15. The van der Waals surface area contributed by atoms with Crippen molar-refractivity contribution in [1.82, 2.24) is 5.16 Å². The Balaban J connectivity index is 2.91. The van der Waals surface area contributed by atoms with Gasteiger partial charge in [-0.3, -0.25) is 14.5 Å². The van der Waals surface area contributed by atoms with Crippen molar-refractivity contribution in [3.05, 3.63) is 11.8 Å². The molecular formula is C9H13N3O4. The molecule has 1 aromatic heterocycles. The van der Waals surface area contributed by atoms with Gasteiger partial charge in [0.2, 0.25) is 5.91 Å². The van der Waals surface area contributed by atoms with Gasteiger partial charge in [-0.1, -0.05) is 12.1 Å². The molecule has 0 fully saturated rings. The molecule has 3 N–H and O–H groups in total. The molecule has 7 heteroatoms. The second kappa shape index (κ2) is 5.26. The van der Waals surface area contributed by atoms with Crippen molar-refractivity contribution in [1.29, 1.82) is 0 Å². The summed E-state index contributed by atoms with van der Waals surface area (Å²) >= 11 is 0. The van der Waals surface area contributed by atoms with E-state index in [9.17, 15) is 9.59 Å². The molecule has 16 heavy (non-hydrogen) atoms. The van der Waals surface area contributed by atoms with Crippen LogP contribution in [0.15, 0.2) is 10.6 Å². The van der Waals surface area contributed by atoms with E-state index in [1.54, 1.807) is 6.92 Å². The SMILES string of the molecule is CCC(=O)N(CC(=O)O)c1cc(CN)on1. The Morgan fingerprint density at radius 3 is 2.75 bits per heavy atom. The topological polar surface area (TPSA) is 110 Å². The first kappa shape index (κ1) is 12.2. The van der Waals surface area contributed by atoms with Crippen molar-refractivity contribution in [2.24, 2.45) is 5.73 Å². The number of aliphatic carboxylic acids is 1. The number of carbonyl (C=O) groups excluding carboxylic acids is 1. The van der Waals surface area contributed by atoms with E-state index in [2.05, 4.69) is 5.16 Å². The molecule has 0 aliphatic rings. The minimum Gasteiger partial charge on any atom is -0.480 e. The highest BCUT2D eigenvalue weighted by Gasteiger charge is 2.20. The maximum atomic E-state index is 11.5. The minimum atomic E-state index is -1.11. The van der Waals surface area contributed by atoms with Gasteiger partial charge in [-0.25, -0.2) is 0 Å². The molecule has 0 aromatic carbocycles. The molecule has 7 nitrogen and oxygen atoms in total. The lowest BCUT2D eigenvalue weighted by Gasteiger charge is -2.15. The quantitative estimate of drug-likeness (QED) is 0.730. The molecule has 1 heterocycles. The van der Waals surface area contributed by atoms with E-state index in [-0.39, 0.29) is 24.7 Å². The predicted molar refractivity (Wildman–Crippen MR) is 54.7 cm³/mol. The average Bonchev–Trinajstić information content (AvgIpc) is 2.72. The second-order valence-electron chi connectivity index (χ2n) is 3.08. The van der Waals surface area contributed by atoms with Gasteiger partial charge in [0.05, 0.1) is 6.54 Å². The zero-order chi connectivity index (χ0) is 12.1. The van der Waals surface area contributed by atoms with E-state index >= 15 is 0 Å². The van der Waals surface area contributed by atoms with E-state index in [1.807, 2.05) is 0 Å². The molecule has 0 bridgehead atoms. The van der Waals surface area contributed by atoms with Crippen LogP contribution in [0.2, 0.25) is 0 Å². The molecule has 0 radical (unpaired) electrons. The molecule has 1 rings (SSSR count). The first-order chi connectivity index (χ1) is 7.58. The van der Waals surface area contributed by atoms with Crippen LogP contribution in [0.3, 0.4) is 0 Å². The number of rotatable bonds is 5. The molecule has 1 amide bonds. The molecule has 0 spiro atoms. The van der Waals surface area contributed by atoms with Gasteiger partial charge < -0.3 is 15.4 Å². The highest BCUT2D eigenvalue weighted by molar-refractivity contribution is 5.96. The molecule has 0 saturated heterocycles. The van der Waals surface area contributed by atoms with Crippen LogP contribution in [-0.4, -0.2) is 28.7 Å². The Morgan fingerprint density at radius 1 is 1.62 bits per heavy atom. The monoisotopic (exact) mass is 227 g/mol. The summed E-state index contributed by atoms with van der Waals surface area (Å²) in [6, 6.07) is 1.45. The molecule has 0 unspecified atom stereocenters. The highest BCUT2D eigenvalue weighted by atomic mass is 16.5. The lowest BCUT2D eigenvalue weighted by molar-refractivity contribution is -0.136. The van der Waals surface area contributed by atoms with Gasteiger partial charge in [0.25, 0.3) is 0 Å². The van der Waals surface area contributed by atoms with Crippen molar-refractivity contribution >= 4 is 17.7 Å². The maximum Gasteiger partial charge on any atom is 0.323 e. The summed E-state index contributed by atoms with van der Waals surface area (Å²) in [4.78, 5) is 23.1. The van der Waals surface area contributed by atoms with Crippen LogP contribution in [0.5, 0.6) is 0 Å². The van der Waals surface area contributed by atoms with Crippen LogP contribution < -0.4 is 10.6 Å². The van der Waals surface area contributed by atoms with Gasteiger partial charge in [-0.2, -0.15) is 0 Å². The summed E-state index contributed by atoms with van der Waals surface area (Å²) in [5, 5.41) is 12.3. The van der Waals surface area contributed by atoms with Gasteiger partial charge in [0.1, 0.15) is 6.54 Å². The third-order valence-corrected chi connectivity index (χ3v) is 1.92. The van der Waals surface area contributed by atoms with Gasteiger partial charge in [-0.15, -0.1) is 0 Å². The lowest BCUT2D eigenvalue weighted by atomic mass is 10.3. The number of nitrogens with two attached hydrogens (primary N) is 1. The molecular weight excluding hydrogens is 214 g/mol. The van der Waals surface area contributed by atoms with Crippen LogP contribution in [-0.2, 0) is 16.1 Å². The number of carboxylic acid groups (broad SMARTS) is 1. The van der Waals surface area contributed by atoms with Gasteiger partial charge >= 0.3 is 5.97 Å². The van der Waals surface area contributed by atoms with E-state index in [1.165, 1.54) is 6.07 Å². The number of amides is 1. The number of hydrogen-bond acceptors (Lipinski definition) is 5. The summed E-state index contributed by atoms with van der Waals surface area (Å²) in [6.45, 7) is 1.35. The van der Waals surface area contributed by atoms with E-state index in [0.717, 1.165) is 4.90 Å². The number of nitrogens with zero attached hydrogens (tertiary/aromatic N) is 2. The number of aromatic nitrogens is 1. The van der Waals surface area contributed by atoms with Gasteiger partial charge in [-0.05, 0) is 0 Å². The Bertz CT molecular complexity index is 388. The molecule has 0 atom stereocenters. The number of hydrogen-bond donors (Lipinski definition) is 2. The van der Waals surface area contributed by atoms with Crippen LogP contribution >= 0.6 is 0 Å². The van der Waals surface area contributed by atoms with Crippen LogP contribution in [0.25, 0.3) is 0 Å². The van der Waals surface area contributed by atoms with E-state index in [4.69, 9.17) is 15.4 Å². The third kappa shape index (κ3) is 2.80. The normalized spacial score (nSPS) is 10.1. The van der Waals surface area contributed by atoms with Crippen molar-refractivity contribution in [2.75, 3.05) is 11.4 Å². The second-order valence-corrected chi connectivity index (χ2v) is 3.08. The smallest absolute Gasteiger partial charge is 0.323 e. The first-order valence-electron chi connectivity index (χ1n) is 4.76.